The smallest absolute Gasteiger partial charge is 0.335 e. The van der Waals surface area contributed by atoms with Crippen molar-refractivity contribution in [3.63, 3.8) is 0 Å². The van der Waals surface area contributed by atoms with Crippen molar-refractivity contribution in [2.45, 2.75) is 13.0 Å². The van der Waals surface area contributed by atoms with E-state index in [0.29, 0.717) is 12.1 Å². The van der Waals surface area contributed by atoms with E-state index in [2.05, 4.69) is 10.2 Å². The van der Waals surface area contributed by atoms with Gasteiger partial charge >= 0.3 is 5.97 Å². The molecule has 0 unspecified atom stereocenters. The molecule has 2 N–H and O–H groups in total. The van der Waals surface area contributed by atoms with Crippen LogP contribution in [0, 0.1) is 5.82 Å². The molecule has 0 bridgehead atoms. The zero-order chi connectivity index (χ0) is 15.1. The molecule has 5 nitrogen and oxygen atoms in total. The number of ether oxygens (including phenoxy) is 1. The van der Waals surface area contributed by atoms with Crippen molar-refractivity contribution in [2.75, 3.05) is 39.4 Å². The second-order valence-electron chi connectivity index (χ2n) is 5.10. The van der Waals surface area contributed by atoms with E-state index in [9.17, 15) is 9.18 Å². The van der Waals surface area contributed by atoms with Crippen molar-refractivity contribution in [2.24, 2.45) is 0 Å². The van der Waals surface area contributed by atoms with Crippen LogP contribution in [0.1, 0.15) is 22.3 Å². The molecule has 1 aromatic carbocycles. The van der Waals surface area contributed by atoms with E-state index >= 15 is 0 Å². The molecule has 0 spiro atoms. The van der Waals surface area contributed by atoms with Gasteiger partial charge in [-0.3, -0.25) is 4.90 Å². The Labute approximate surface area is 123 Å². The van der Waals surface area contributed by atoms with Crippen LogP contribution in [0.25, 0.3) is 0 Å². The van der Waals surface area contributed by atoms with Crippen LogP contribution in [0.2, 0.25) is 0 Å². The third-order valence-electron chi connectivity index (χ3n) is 3.54. The number of benzene rings is 1. The number of aromatic carboxylic acids is 1. The number of carboxylic acids is 1. The first-order valence-corrected chi connectivity index (χ1v) is 7.19. The summed E-state index contributed by atoms with van der Waals surface area (Å²) in [5, 5.41) is 12.1. The number of morpholine rings is 1. The molecule has 0 aliphatic carbocycles. The number of rotatable bonds is 7. The molecular formula is C15H21FN2O3. The summed E-state index contributed by atoms with van der Waals surface area (Å²) in [4.78, 5) is 13.2. The van der Waals surface area contributed by atoms with Gasteiger partial charge in [-0.05, 0) is 37.7 Å². The molecule has 2 rings (SSSR count). The largest absolute Gasteiger partial charge is 0.478 e. The van der Waals surface area contributed by atoms with Crippen molar-refractivity contribution in [3.05, 3.63) is 35.1 Å². The van der Waals surface area contributed by atoms with E-state index in [-0.39, 0.29) is 11.4 Å². The third kappa shape index (κ3) is 5.08. The fraction of sp³-hybridized carbons (Fsp3) is 0.533. The van der Waals surface area contributed by atoms with Gasteiger partial charge in [0.1, 0.15) is 5.82 Å². The topological polar surface area (TPSA) is 61.8 Å². The van der Waals surface area contributed by atoms with E-state index in [0.717, 1.165) is 45.8 Å². The molecule has 1 aromatic rings. The van der Waals surface area contributed by atoms with E-state index in [4.69, 9.17) is 9.84 Å². The Hall–Kier alpha value is -1.50. The molecule has 0 aromatic heterocycles. The third-order valence-corrected chi connectivity index (χ3v) is 3.54. The lowest BCUT2D eigenvalue weighted by molar-refractivity contribution is 0.0374. The Morgan fingerprint density at radius 3 is 2.86 bits per heavy atom. The highest BCUT2D eigenvalue weighted by molar-refractivity contribution is 5.87. The zero-order valence-corrected chi connectivity index (χ0v) is 12.0. The highest BCUT2D eigenvalue weighted by atomic mass is 19.1. The molecule has 1 aliphatic heterocycles. The van der Waals surface area contributed by atoms with Gasteiger partial charge in [0.05, 0.1) is 18.8 Å². The summed E-state index contributed by atoms with van der Waals surface area (Å²) in [7, 11) is 0. The Balaban J connectivity index is 1.70. The molecule has 1 aliphatic rings. The Morgan fingerprint density at radius 2 is 2.14 bits per heavy atom. The van der Waals surface area contributed by atoms with Crippen molar-refractivity contribution in [1.29, 1.82) is 0 Å². The van der Waals surface area contributed by atoms with Crippen molar-refractivity contribution in [1.82, 2.24) is 10.2 Å². The average Bonchev–Trinajstić information content (AvgIpc) is 2.49. The van der Waals surface area contributed by atoms with Crippen LogP contribution in [0.4, 0.5) is 4.39 Å². The minimum absolute atomic E-state index is 0.113. The molecule has 0 amide bonds. The summed E-state index contributed by atoms with van der Waals surface area (Å²) in [5.41, 5.74) is 0.503. The van der Waals surface area contributed by atoms with Crippen LogP contribution in [0.15, 0.2) is 18.2 Å². The van der Waals surface area contributed by atoms with Crippen molar-refractivity contribution in [3.8, 4) is 0 Å². The number of hydrogen-bond acceptors (Lipinski definition) is 4. The first-order chi connectivity index (χ1) is 10.2. The highest BCUT2D eigenvalue weighted by Gasteiger charge is 2.10. The maximum atomic E-state index is 13.6. The summed E-state index contributed by atoms with van der Waals surface area (Å²) < 4.78 is 18.9. The molecule has 1 heterocycles. The van der Waals surface area contributed by atoms with Gasteiger partial charge in [-0.15, -0.1) is 0 Å². The van der Waals surface area contributed by atoms with Gasteiger partial charge in [-0.25, -0.2) is 9.18 Å². The minimum atomic E-state index is -1.04. The number of nitrogens with one attached hydrogen (secondary N) is 1. The number of hydrogen-bond donors (Lipinski definition) is 2. The first-order valence-electron chi connectivity index (χ1n) is 7.19. The van der Waals surface area contributed by atoms with Crippen LogP contribution < -0.4 is 5.32 Å². The van der Waals surface area contributed by atoms with Crippen LogP contribution in [0.5, 0.6) is 0 Å². The second kappa shape index (κ2) is 8.07. The maximum Gasteiger partial charge on any atom is 0.335 e. The van der Waals surface area contributed by atoms with Crippen LogP contribution in [0.3, 0.4) is 0 Å². The second-order valence-corrected chi connectivity index (χ2v) is 5.10. The van der Waals surface area contributed by atoms with Gasteiger partial charge in [-0.1, -0.05) is 0 Å². The number of nitrogens with zero attached hydrogens (tertiary/aromatic N) is 1. The van der Waals surface area contributed by atoms with Crippen molar-refractivity contribution < 1.29 is 19.0 Å². The van der Waals surface area contributed by atoms with E-state index in [1.807, 2.05) is 0 Å². The van der Waals surface area contributed by atoms with E-state index in [1.54, 1.807) is 0 Å². The molecule has 0 radical (unpaired) electrons. The molecule has 6 heteroatoms. The predicted molar refractivity (Wildman–Crippen MR) is 76.9 cm³/mol. The Bertz CT molecular complexity index is 476. The normalized spacial score (nSPS) is 16.0. The average molecular weight is 296 g/mol. The molecule has 116 valence electrons. The quantitative estimate of drug-likeness (QED) is 0.744. The molecule has 0 atom stereocenters. The minimum Gasteiger partial charge on any atom is -0.478 e. The van der Waals surface area contributed by atoms with E-state index in [1.165, 1.54) is 18.2 Å². The van der Waals surface area contributed by atoms with Crippen LogP contribution in [-0.2, 0) is 11.3 Å². The molecule has 1 saturated heterocycles. The summed E-state index contributed by atoms with van der Waals surface area (Å²) in [6.45, 7) is 5.63. The zero-order valence-electron chi connectivity index (χ0n) is 12.0. The van der Waals surface area contributed by atoms with Gasteiger partial charge in [0.2, 0.25) is 0 Å². The number of halogens is 1. The number of carboxylic acid groups (broad SMARTS) is 1. The first kappa shape index (κ1) is 15.9. The fourth-order valence-electron chi connectivity index (χ4n) is 2.32. The Kier molecular flexibility index (Phi) is 6.10. The summed E-state index contributed by atoms with van der Waals surface area (Å²) in [5.74, 6) is -1.41. The SMILES string of the molecule is O=C(O)c1ccc(F)c(CNCCCN2CCOCC2)c1. The Morgan fingerprint density at radius 1 is 1.38 bits per heavy atom. The lowest BCUT2D eigenvalue weighted by Crippen LogP contribution is -2.37. The number of carbonyl (C=O) groups is 1. The fourth-order valence-corrected chi connectivity index (χ4v) is 2.32. The summed E-state index contributed by atoms with van der Waals surface area (Å²) in [6.07, 6.45) is 0.972. The standard InChI is InChI=1S/C15H21FN2O3/c16-14-3-2-12(15(19)20)10-13(14)11-17-4-1-5-18-6-8-21-9-7-18/h2-3,10,17H,1,4-9,11H2,(H,19,20). The maximum absolute atomic E-state index is 13.6. The van der Waals surface area contributed by atoms with Gasteiger partial charge in [-0.2, -0.15) is 0 Å². The molecule has 0 saturated carbocycles. The highest BCUT2D eigenvalue weighted by Crippen LogP contribution is 2.10. The molecule has 21 heavy (non-hydrogen) atoms. The lowest BCUT2D eigenvalue weighted by atomic mass is 10.1. The lowest BCUT2D eigenvalue weighted by Gasteiger charge is -2.26. The van der Waals surface area contributed by atoms with Gasteiger partial charge < -0.3 is 15.2 Å². The van der Waals surface area contributed by atoms with E-state index < -0.39 is 5.97 Å². The molecule has 1 fully saturated rings. The summed E-state index contributed by atoms with van der Waals surface area (Å²) >= 11 is 0. The van der Waals surface area contributed by atoms with Crippen LogP contribution >= 0.6 is 0 Å². The van der Waals surface area contributed by atoms with Gasteiger partial charge in [0.25, 0.3) is 0 Å². The summed E-state index contributed by atoms with van der Waals surface area (Å²) in [6, 6.07) is 3.86. The molecular weight excluding hydrogens is 275 g/mol. The predicted octanol–water partition coefficient (Wildman–Crippen LogP) is 1.34. The van der Waals surface area contributed by atoms with Gasteiger partial charge in [0, 0.05) is 25.2 Å². The monoisotopic (exact) mass is 296 g/mol. The van der Waals surface area contributed by atoms with Crippen molar-refractivity contribution >= 4 is 5.97 Å². The van der Waals surface area contributed by atoms with Gasteiger partial charge in [0.15, 0.2) is 0 Å². The van der Waals surface area contributed by atoms with Crippen LogP contribution in [-0.4, -0.2) is 55.4 Å².